The van der Waals surface area contributed by atoms with Gasteiger partial charge in [0.1, 0.15) is 0 Å². The van der Waals surface area contributed by atoms with Gasteiger partial charge in [0.25, 0.3) is 5.78 Å². The summed E-state index contributed by atoms with van der Waals surface area (Å²) in [6.07, 6.45) is 3.96. The van der Waals surface area contributed by atoms with Crippen LogP contribution in [0.5, 0.6) is 0 Å². The zero-order valence-electron chi connectivity index (χ0n) is 19.8. The quantitative estimate of drug-likeness (QED) is 0.404. The number of fused-ring (bicyclic) bond motifs is 2. The summed E-state index contributed by atoms with van der Waals surface area (Å²) in [5.74, 6) is 0.864. The summed E-state index contributed by atoms with van der Waals surface area (Å²) in [5, 5.41) is 8.43. The normalized spacial score (nSPS) is 15.3. The van der Waals surface area contributed by atoms with Crippen LogP contribution in [-0.2, 0) is 17.6 Å². The van der Waals surface area contributed by atoms with E-state index in [1.54, 1.807) is 4.52 Å². The smallest absolute Gasteiger partial charge is 0.253 e. The highest BCUT2D eigenvalue weighted by Gasteiger charge is 2.22. The number of hydrogen-bond acceptors (Lipinski definition) is 5. The van der Waals surface area contributed by atoms with Crippen LogP contribution in [0.4, 0.5) is 0 Å². The van der Waals surface area contributed by atoms with Crippen molar-refractivity contribution in [2.45, 2.75) is 57.7 Å². The van der Waals surface area contributed by atoms with E-state index in [2.05, 4.69) is 71.7 Å². The van der Waals surface area contributed by atoms with Gasteiger partial charge in [-0.15, -0.1) is 5.10 Å². The van der Waals surface area contributed by atoms with Crippen molar-refractivity contribution in [3.8, 4) is 0 Å². The first-order chi connectivity index (χ1) is 16.5. The Bertz CT molecular complexity index is 1360. The van der Waals surface area contributed by atoms with Gasteiger partial charge in [-0.05, 0) is 67.9 Å². The summed E-state index contributed by atoms with van der Waals surface area (Å²) in [5.41, 5.74) is 8.30. The molecular weight excluding hydrogens is 442 g/mol. The van der Waals surface area contributed by atoms with Crippen molar-refractivity contribution in [3.63, 3.8) is 0 Å². The van der Waals surface area contributed by atoms with Crippen LogP contribution in [-0.4, -0.2) is 31.2 Å². The fourth-order valence-electron chi connectivity index (χ4n) is 4.78. The highest BCUT2D eigenvalue weighted by atomic mass is 32.2. The number of amides is 1. The van der Waals surface area contributed by atoms with Crippen molar-refractivity contribution >= 4 is 23.4 Å². The Labute approximate surface area is 204 Å². The van der Waals surface area contributed by atoms with Gasteiger partial charge < -0.3 is 5.32 Å². The molecule has 0 unspecified atom stereocenters. The summed E-state index contributed by atoms with van der Waals surface area (Å²) >= 11 is 1.36. The molecule has 1 aliphatic rings. The fraction of sp³-hybridized carbons (Fsp3) is 0.333. The maximum atomic E-state index is 12.7. The number of nitrogens with zero attached hydrogens (tertiary/aromatic N) is 4. The molecule has 1 amide bonds. The Kier molecular flexibility index (Phi) is 6.37. The molecule has 174 valence electrons. The van der Waals surface area contributed by atoms with E-state index in [9.17, 15) is 4.79 Å². The third-order valence-corrected chi connectivity index (χ3v) is 7.53. The maximum Gasteiger partial charge on any atom is 0.253 e. The molecule has 0 radical (unpaired) electrons. The van der Waals surface area contributed by atoms with Crippen LogP contribution in [0.15, 0.2) is 53.7 Å². The Hall–Kier alpha value is -3.19. The van der Waals surface area contributed by atoms with Crippen molar-refractivity contribution in [3.05, 3.63) is 87.7 Å². The first kappa shape index (κ1) is 22.6. The van der Waals surface area contributed by atoms with Crippen LogP contribution >= 0.6 is 11.8 Å². The molecule has 2 aromatic carbocycles. The lowest BCUT2D eigenvalue weighted by atomic mass is 9.88. The molecule has 0 bridgehead atoms. The lowest BCUT2D eigenvalue weighted by Gasteiger charge is -2.26. The first-order valence-electron chi connectivity index (χ1n) is 11.8. The number of aryl methyl sites for hydroxylation is 4. The van der Waals surface area contributed by atoms with Crippen molar-refractivity contribution < 1.29 is 4.79 Å². The van der Waals surface area contributed by atoms with Crippen LogP contribution in [0.3, 0.4) is 0 Å². The van der Waals surface area contributed by atoms with Gasteiger partial charge in [0.2, 0.25) is 11.1 Å². The molecule has 2 heterocycles. The molecule has 2 aromatic heterocycles. The van der Waals surface area contributed by atoms with Gasteiger partial charge in [-0.25, -0.2) is 9.50 Å². The minimum atomic E-state index is 0.00617. The summed E-state index contributed by atoms with van der Waals surface area (Å²) in [6.45, 7) is 6.22. The van der Waals surface area contributed by atoms with E-state index >= 15 is 0 Å². The molecule has 0 aliphatic heterocycles. The SMILES string of the molecule is Cc1ccccc1Cc1c(C)nc2nc(SCC(=O)N[C@H]3CCCc4ccccc43)nn2c1C. The van der Waals surface area contributed by atoms with E-state index in [0.29, 0.717) is 10.9 Å². The molecular formula is C27H29N5OS. The second kappa shape index (κ2) is 9.58. The van der Waals surface area contributed by atoms with Crippen LogP contribution in [0.1, 0.15) is 58.1 Å². The second-order valence-corrected chi connectivity index (χ2v) is 9.91. The molecule has 1 aliphatic carbocycles. The van der Waals surface area contributed by atoms with Crippen molar-refractivity contribution in [2.75, 3.05) is 5.75 Å². The number of rotatable bonds is 6. The first-order valence-corrected chi connectivity index (χ1v) is 12.8. The van der Waals surface area contributed by atoms with Crippen LogP contribution < -0.4 is 5.32 Å². The fourth-order valence-corrected chi connectivity index (χ4v) is 5.40. The number of aromatic nitrogens is 4. The number of thioether (sulfide) groups is 1. The van der Waals surface area contributed by atoms with Gasteiger partial charge >= 0.3 is 0 Å². The number of carbonyl (C=O) groups excluding carboxylic acids is 1. The Balaban J connectivity index is 1.29. The Morgan fingerprint density at radius 2 is 1.88 bits per heavy atom. The molecule has 4 aromatic rings. The van der Waals surface area contributed by atoms with E-state index in [1.807, 2.05) is 13.0 Å². The monoisotopic (exact) mass is 471 g/mol. The highest BCUT2D eigenvalue weighted by molar-refractivity contribution is 7.99. The third-order valence-electron chi connectivity index (χ3n) is 6.70. The van der Waals surface area contributed by atoms with Gasteiger partial charge in [-0.2, -0.15) is 4.98 Å². The Morgan fingerprint density at radius 1 is 1.09 bits per heavy atom. The minimum Gasteiger partial charge on any atom is -0.349 e. The highest BCUT2D eigenvalue weighted by Crippen LogP contribution is 2.29. The predicted octanol–water partition coefficient (Wildman–Crippen LogP) is 4.93. The van der Waals surface area contributed by atoms with E-state index < -0.39 is 0 Å². The minimum absolute atomic E-state index is 0.00617. The van der Waals surface area contributed by atoms with Crippen LogP contribution in [0, 0.1) is 20.8 Å². The summed E-state index contributed by atoms with van der Waals surface area (Å²) in [7, 11) is 0. The van der Waals surface area contributed by atoms with Crippen LogP contribution in [0.25, 0.3) is 5.78 Å². The van der Waals surface area contributed by atoms with E-state index in [-0.39, 0.29) is 17.7 Å². The lowest BCUT2D eigenvalue weighted by molar-refractivity contribution is -0.119. The van der Waals surface area contributed by atoms with E-state index in [1.165, 1.54) is 34.0 Å². The zero-order valence-corrected chi connectivity index (χ0v) is 20.7. The van der Waals surface area contributed by atoms with Crippen LogP contribution in [0.2, 0.25) is 0 Å². The molecule has 0 saturated carbocycles. The lowest BCUT2D eigenvalue weighted by Crippen LogP contribution is -2.32. The van der Waals surface area contributed by atoms with Gasteiger partial charge in [0, 0.05) is 17.8 Å². The van der Waals surface area contributed by atoms with Gasteiger partial charge in [0.05, 0.1) is 11.8 Å². The zero-order chi connectivity index (χ0) is 23.7. The number of benzene rings is 2. The largest absolute Gasteiger partial charge is 0.349 e. The number of hydrogen-bond donors (Lipinski definition) is 1. The predicted molar refractivity (Wildman–Crippen MR) is 135 cm³/mol. The summed E-state index contributed by atoms with van der Waals surface area (Å²) < 4.78 is 1.80. The third kappa shape index (κ3) is 4.57. The molecule has 1 N–H and O–H groups in total. The summed E-state index contributed by atoms with van der Waals surface area (Å²) in [6, 6.07) is 16.9. The Morgan fingerprint density at radius 3 is 2.74 bits per heavy atom. The molecule has 7 heteroatoms. The van der Waals surface area contributed by atoms with Crippen molar-refractivity contribution in [1.29, 1.82) is 0 Å². The number of carbonyl (C=O) groups is 1. The van der Waals surface area contributed by atoms with Gasteiger partial charge in [-0.3, -0.25) is 4.79 Å². The number of nitrogens with one attached hydrogen (secondary N) is 1. The standard InChI is InChI=1S/C27H29N5OS/c1-17-9-4-5-11-21(17)15-23-18(2)28-26-30-27(31-32(26)19(23)3)34-16-25(33)29-24-14-8-12-20-10-6-7-13-22(20)24/h4-7,9-11,13,24H,8,12,14-16H2,1-3H3,(H,29,33)/t24-/m0/s1. The summed E-state index contributed by atoms with van der Waals surface area (Å²) in [4.78, 5) is 22.0. The molecule has 6 nitrogen and oxygen atoms in total. The average Bonchev–Trinajstić information content (AvgIpc) is 3.25. The maximum absolute atomic E-state index is 12.7. The molecule has 0 spiro atoms. The van der Waals surface area contributed by atoms with Gasteiger partial charge in [-0.1, -0.05) is 60.3 Å². The molecule has 1 atom stereocenters. The van der Waals surface area contributed by atoms with E-state index in [0.717, 1.165) is 42.6 Å². The van der Waals surface area contributed by atoms with Gasteiger partial charge in [0.15, 0.2) is 0 Å². The van der Waals surface area contributed by atoms with Crippen molar-refractivity contribution in [2.24, 2.45) is 0 Å². The van der Waals surface area contributed by atoms with Crippen molar-refractivity contribution in [1.82, 2.24) is 24.9 Å². The topological polar surface area (TPSA) is 72.2 Å². The molecule has 0 saturated heterocycles. The molecule has 5 rings (SSSR count). The average molecular weight is 472 g/mol. The molecule has 34 heavy (non-hydrogen) atoms. The molecule has 0 fully saturated rings. The van der Waals surface area contributed by atoms with E-state index in [4.69, 9.17) is 4.98 Å². The second-order valence-electron chi connectivity index (χ2n) is 8.97.